The molecule has 0 saturated carbocycles. The van der Waals surface area contributed by atoms with Gasteiger partial charge in [-0.3, -0.25) is 0 Å². The number of nitrogens with two attached hydrogens (primary N) is 1. The number of hydrogen-bond acceptors (Lipinski definition) is 4. The molecule has 2 atom stereocenters. The summed E-state index contributed by atoms with van der Waals surface area (Å²) in [5.74, 6) is 1.07. The van der Waals surface area contributed by atoms with Crippen LogP contribution in [-0.4, -0.2) is 34.3 Å². The molecule has 0 radical (unpaired) electrons. The zero-order valence-corrected chi connectivity index (χ0v) is 10.7. The van der Waals surface area contributed by atoms with Gasteiger partial charge >= 0.3 is 0 Å². The second-order valence-electron chi connectivity index (χ2n) is 4.52. The zero-order valence-electron chi connectivity index (χ0n) is 9.84. The maximum atomic E-state index is 9.72. The molecule has 0 bridgehead atoms. The lowest BCUT2D eigenvalue weighted by atomic mass is 9.96. The Morgan fingerprint density at radius 1 is 1.65 bits per heavy atom. The Bertz CT molecular complexity index is 424. The smallest absolute Gasteiger partial charge is 0.138 e. The van der Waals surface area contributed by atoms with E-state index in [-0.39, 0.29) is 12.0 Å². The Labute approximate surface area is 106 Å². The van der Waals surface area contributed by atoms with E-state index in [0.717, 1.165) is 30.9 Å². The molecule has 4 nitrogen and oxygen atoms in total. The van der Waals surface area contributed by atoms with Gasteiger partial charge in [0, 0.05) is 19.3 Å². The lowest BCUT2D eigenvalue weighted by Crippen LogP contribution is -2.43. The topological polar surface area (TPSA) is 62.4 Å². The van der Waals surface area contributed by atoms with E-state index in [4.69, 9.17) is 18.0 Å². The van der Waals surface area contributed by atoms with Gasteiger partial charge in [0.1, 0.15) is 10.8 Å². The highest BCUT2D eigenvalue weighted by molar-refractivity contribution is 7.80. The molecule has 0 aliphatic carbocycles. The first-order valence-corrected chi connectivity index (χ1v) is 6.18. The fraction of sp³-hybridized carbons (Fsp3) is 0.500. The second kappa shape index (κ2) is 4.98. The number of aliphatic hydroxyl groups excluding tert-OH is 1. The van der Waals surface area contributed by atoms with E-state index >= 15 is 0 Å². The quantitative estimate of drug-likeness (QED) is 0.765. The standard InChI is InChI=1S/C12H17N3OS/c1-8-7-15(6-4-10(8)16)12-9(11(13)17)3-2-5-14-12/h2-3,5,8,10,16H,4,6-7H2,1H3,(H2,13,17). The highest BCUT2D eigenvalue weighted by atomic mass is 32.1. The van der Waals surface area contributed by atoms with Crippen molar-refractivity contribution in [3.8, 4) is 0 Å². The van der Waals surface area contributed by atoms with Gasteiger partial charge in [-0.1, -0.05) is 19.1 Å². The Hall–Kier alpha value is -1.20. The molecule has 1 aromatic heterocycles. The van der Waals surface area contributed by atoms with Crippen molar-refractivity contribution in [2.75, 3.05) is 18.0 Å². The van der Waals surface area contributed by atoms with Crippen LogP contribution in [0.25, 0.3) is 0 Å². The Morgan fingerprint density at radius 3 is 3.06 bits per heavy atom. The summed E-state index contributed by atoms with van der Waals surface area (Å²) in [6, 6.07) is 3.72. The first kappa shape index (κ1) is 12.3. The Kier molecular flexibility index (Phi) is 3.59. The molecule has 1 aromatic rings. The fourth-order valence-corrected chi connectivity index (χ4v) is 2.33. The first-order chi connectivity index (χ1) is 8.09. The normalized spacial score (nSPS) is 24.7. The number of aliphatic hydroxyl groups is 1. The van der Waals surface area contributed by atoms with Crippen molar-refractivity contribution in [3.05, 3.63) is 23.9 Å². The molecule has 1 aliphatic rings. The maximum absolute atomic E-state index is 9.72. The van der Waals surface area contributed by atoms with Crippen molar-refractivity contribution in [3.63, 3.8) is 0 Å². The van der Waals surface area contributed by atoms with Crippen LogP contribution < -0.4 is 10.6 Å². The lowest BCUT2D eigenvalue weighted by molar-refractivity contribution is 0.0969. The number of piperidine rings is 1. The van der Waals surface area contributed by atoms with Gasteiger partial charge in [0.15, 0.2) is 0 Å². The predicted octanol–water partition coefficient (Wildman–Crippen LogP) is 0.923. The Morgan fingerprint density at radius 2 is 2.41 bits per heavy atom. The van der Waals surface area contributed by atoms with E-state index in [1.807, 2.05) is 19.1 Å². The third kappa shape index (κ3) is 2.56. The minimum atomic E-state index is -0.219. The van der Waals surface area contributed by atoms with Crippen molar-refractivity contribution in [1.82, 2.24) is 4.98 Å². The average Bonchev–Trinajstić information content (AvgIpc) is 2.32. The molecule has 0 aromatic carbocycles. The minimum Gasteiger partial charge on any atom is -0.393 e. The van der Waals surface area contributed by atoms with Gasteiger partial charge in [-0.05, 0) is 24.5 Å². The number of aromatic nitrogens is 1. The average molecular weight is 251 g/mol. The van der Waals surface area contributed by atoms with Crippen LogP contribution in [0.5, 0.6) is 0 Å². The molecule has 2 heterocycles. The van der Waals surface area contributed by atoms with Gasteiger partial charge in [0.2, 0.25) is 0 Å². The molecular weight excluding hydrogens is 234 g/mol. The number of pyridine rings is 1. The van der Waals surface area contributed by atoms with E-state index < -0.39 is 0 Å². The minimum absolute atomic E-state index is 0.219. The van der Waals surface area contributed by atoms with E-state index in [0.29, 0.717) is 4.99 Å². The molecule has 0 spiro atoms. The van der Waals surface area contributed by atoms with Gasteiger partial charge in [-0.15, -0.1) is 0 Å². The van der Waals surface area contributed by atoms with Crippen LogP contribution in [0.15, 0.2) is 18.3 Å². The van der Waals surface area contributed by atoms with Crippen LogP contribution in [0.1, 0.15) is 18.9 Å². The van der Waals surface area contributed by atoms with Gasteiger partial charge < -0.3 is 15.7 Å². The molecule has 1 aliphatic heterocycles. The van der Waals surface area contributed by atoms with E-state index in [2.05, 4.69) is 9.88 Å². The van der Waals surface area contributed by atoms with Crippen LogP contribution in [0, 0.1) is 5.92 Å². The SMILES string of the molecule is CC1CN(c2ncccc2C(N)=S)CCC1O. The van der Waals surface area contributed by atoms with Crippen molar-refractivity contribution in [2.24, 2.45) is 11.7 Å². The summed E-state index contributed by atoms with van der Waals surface area (Å²) in [4.78, 5) is 6.87. The van der Waals surface area contributed by atoms with Gasteiger partial charge in [0.25, 0.3) is 0 Å². The molecular formula is C12H17N3OS. The number of nitrogens with zero attached hydrogens (tertiary/aromatic N) is 2. The van der Waals surface area contributed by atoms with Crippen molar-refractivity contribution in [2.45, 2.75) is 19.4 Å². The molecule has 2 unspecified atom stereocenters. The maximum Gasteiger partial charge on any atom is 0.138 e. The number of anilines is 1. The monoisotopic (exact) mass is 251 g/mol. The van der Waals surface area contributed by atoms with Crippen LogP contribution in [-0.2, 0) is 0 Å². The largest absolute Gasteiger partial charge is 0.393 e. The van der Waals surface area contributed by atoms with Crippen LogP contribution >= 0.6 is 12.2 Å². The molecule has 3 N–H and O–H groups in total. The summed E-state index contributed by atoms with van der Waals surface area (Å²) in [6.07, 6.45) is 2.28. The molecule has 2 rings (SSSR count). The van der Waals surface area contributed by atoms with Crippen molar-refractivity contribution in [1.29, 1.82) is 0 Å². The highest BCUT2D eigenvalue weighted by Crippen LogP contribution is 2.24. The summed E-state index contributed by atoms with van der Waals surface area (Å²) < 4.78 is 0. The molecule has 0 amide bonds. The number of rotatable bonds is 2. The van der Waals surface area contributed by atoms with E-state index in [1.54, 1.807) is 6.20 Å². The number of thiocarbonyl (C=S) groups is 1. The summed E-state index contributed by atoms with van der Waals surface area (Å²) in [7, 11) is 0. The lowest BCUT2D eigenvalue weighted by Gasteiger charge is -2.35. The van der Waals surface area contributed by atoms with E-state index in [9.17, 15) is 5.11 Å². The summed E-state index contributed by atoms with van der Waals surface area (Å²) in [5.41, 5.74) is 6.51. The third-order valence-corrected chi connectivity index (χ3v) is 3.43. The predicted molar refractivity (Wildman–Crippen MR) is 72.1 cm³/mol. The second-order valence-corrected chi connectivity index (χ2v) is 4.96. The van der Waals surface area contributed by atoms with Gasteiger partial charge in [0.05, 0.1) is 11.7 Å². The molecule has 1 fully saturated rings. The van der Waals surface area contributed by atoms with Crippen LogP contribution in [0.4, 0.5) is 5.82 Å². The summed E-state index contributed by atoms with van der Waals surface area (Å²) in [5, 5.41) is 9.72. The number of hydrogen-bond donors (Lipinski definition) is 2. The van der Waals surface area contributed by atoms with E-state index in [1.165, 1.54) is 0 Å². The molecule has 92 valence electrons. The Balaban J connectivity index is 2.25. The van der Waals surface area contributed by atoms with Crippen molar-refractivity contribution >= 4 is 23.0 Å². The van der Waals surface area contributed by atoms with Crippen LogP contribution in [0.2, 0.25) is 0 Å². The zero-order chi connectivity index (χ0) is 12.4. The molecule has 1 saturated heterocycles. The summed E-state index contributed by atoms with van der Waals surface area (Å²) in [6.45, 7) is 3.62. The van der Waals surface area contributed by atoms with Gasteiger partial charge in [-0.25, -0.2) is 4.98 Å². The first-order valence-electron chi connectivity index (χ1n) is 5.77. The highest BCUT2D eigenvalue weighted by Gasteiger charge is 2.26. The van der Waals surface area contributed by atoms with Crippen LogP contribution in [0.3, 0.4) is 0 Å². The third-order valence-electron chi connectivity index (χ3n) is 3.21. The summed E-state index contributed by atoms with van der Waals surface area (Å²) >= 11 is 5.03. The fourth-order valence-electron chi connectivity index (χ4n) is 2.17. The van der Waals surface area contributed by atoms with Crippen molar-refractivity contribution < 1.29 is 5.11 Å². The molecule has 5 heteroatoms. The molecule has 17 heavy (non-hydrogen) atoms. The van der Waals surface area contributed by atoms with Gasteiger partial charge in [-0.2, -0.15) is 0 Å².